The highest BCUT2D eigenvalue weighted by atomic mass is 32.2. The number of rotatable bonds is 9. The van der Waals surface area contributed by atoms with Crippen molar-refractivity contribution in [2.24, 2.45) is 11.5 Å². The van der Waals surface area contributed by atoms with E-state index in [1.807, 2.05) is 0 Å². The molecule has 216 valence electrons. The first-order valence-electron chi connectivity index (χ1n) is 12.2. The molecule has 4 aromatic carbocycles. The number of ether oxygens (including phenoxy) is 1. The van der Waals surface area contributed by atoms with Gasteiger partial charge in [0, 0.05) is 37.0 Å². The van der Waals surface area contributed by atoms with Gasteiger partial charge in [-0.25, -0.2) is 17.2 Å². The Bertz CT molecular complexity index is 1520. The minimum absolute atomic E-state index is 0.00627. The molecule has 0 bridgehead atoms. The molecule has 41 heavy (non-hydrogen) atoms. The zero-order valence-corrected chi connectivity index (χ0v) is 22.5. The summed E-state index contributed by atoms with van der Waals surface area (Å²) in [5.74, 6) is -3.59. The lowest BCUT2D eigenvalue weighted by molar-refractivity contribution is -0.138. The molecule has 0 atom stereocenters. The average Bonchev–Trinajstić information content (AvgIpc) is 2.92. The summed E-state index contributed by atoms with van der Waals surface area (Å²) in [5, 5.41) is 2.89. The third-order valence-corrected chi connectivity index (χ3v) is 7.97. The van der Waals surface area contributed by atoms with Gasteiger partial charge in [0.25, 0.3) is 5.92 Å². The standard InChI is InChI=1S/C29H26F5N3O3S/c1-28(30,31)24-12-2-18(16-35)14-26(24)37-20-4-8-22(9-5-20)41(38,39)23-10-6-21(7-11-23)40-27-15-19(17-36)3-13-25(27)29(32,33)34/h2-15,37H,16-17,35-36H2,1H3. The lowest BCUT2D eigenvalue weighted by Crippen LogP contribution is -2.11. The fourth-order valence-electron chi connectivity index (χ4n) is 4.04. The van der Waals surface area contributed by atoms with E-state index in [0.717, 1.165) is 13.0 Å². The third-order valence-electron chi connectivity index (χ3n) is 6.19. The number of benzene rings is 4. The van der Waals surface area contributed by atoms with Gasteiger partial charge in [0.15, 0.2) is 0 Å². The number of nitrogens with two attached hydrogens (primary N) is 2. The van der Waals surface area contributed by atoms with Crippen molar-refractivity contribution in [2.45, 2.75) is 41.9 Å². The first-order valence-corrected chi connectivity index (χ1v) is 13.7. The van der Waals surface area contributed by atoms with E-state index in [1.165, 1.54) is 78.9 Å². The Kier molecular flexibility index (Phi) is 8.39. The van der Waals surface area contributed by atoms with Crippen LogP contribution in [0.4, 0.5) is 33.3 Å². The van der Waals surface area contributed by atoms with Gasteiger partial charge in [-0.05, 0) is 77.9 Å². The van der Waals surface area contributed by atoms with Crippen LogP contribution in [0.1, 0.15) is 29.2 Å². The molecule has 6 nitrogen and oxygen atoms in total. The second-order valence-electron chi connectivity index (χ2n) is 9.23. The lowest BCUT2D eigenvalue weighted by Gasteiger charge is -2.18. The highest BCUT2D eigenvalue weighted by molar-refractivity contribution is 7.91. The molecular weight excluding hydrogens is 565 g/mol. The van der Waals surface area contributed by atoms with Crippen molar-refractivity contribution in [1.82, 2.24) is 0 Å². The molecule has 0 aliphatic heterocycles. The maximum absolute atomic E-state index is 14.1. The molecule has 4 rings (SSSR count). The van der Waals surface area contributed by atoms with Crippen LogP contribution in [0.2, 0.25) is 0 Å². The summed E-state index contributed by atoms with van der Waals surface area (Å²) in [6, 6.07) is 18.0. The fraction of sp³-hybridized carbons (Fsp3) is 0.172. The summed E-state index contributed by atoms with van der Waals surface area (Å²) in [6.07, 6.45) is -4.67. The first-order chi connectivity index (χ1) is 19.2. The van der Waals surface area contributed by atoms with Gasteiger partial charge in [0.1, 0.15) is 11.5 Å². The number of hydrogen-bond donors (Lipinski definition) is 3. The lowest BCUT2D eigenvalue weighted by atomic mass is 10.0. The van der Waals surface area contributed by atoms with Gasteiger partial charge in [-0.15, -0.1) is 0 Å². The van der Waals surface area contributed by atoms with Gasteiger partial charge in [0.05, 0.1) is 15.4 Å². The van der Waals surface area contributed by atoms with Crippen molar-refractivity contribution >= 4 is 21.2 Å². The average molecular weight is 592 g/mol. The van der Waals surface area contributed by atoms with Gasteiger partial charge in [-0.1, -0.05) is 18.2 Å². The molecule has 0 aliphatic carbocycles. The minimum Gasteiger partial charge on any atom is -0.457 e. The maximum Gasteiger partial charge on any atom is 0.419 e. The first kappa shape index (κ1) is 30.0. The summed E-state index contributed by atoms with van der Waals surface area (Å²) in [7, 11) is -4.02. The van der Waals surface area contributed by atoms with Crippen LogP contribution >= 0.6 is 0 Å². The van der Waals surface area contributed by atoms with E-state index in [1.54, 1.807) is 0 Å². The fourth-order valence-corrected chi connectivity index (χ4v) is 5.30. The van der Waals surface area contributed by atoms with Gasteiger partial charge >= 0.3 is 6.18 Å². The zero-order valence-electron chi connectivity index (χ0n) is 21.7. The molecule has 12 heteroatoms. The summed E-state index contributed by atoms with van der Waals surface area (Å²) in [5.41, 5.74) is 11.5. The quantitative estimate of drug-likeness (QED) is 0.179. The van der Waals surface area contributed by atoms with Crippen molar-refractivity contribution < 1.29 is 35.1 Å². The molecule has 0 unspecified atom stereocenters. The van der Waals surface area contributed by atoms with E-state index in [-0.39, 0.29) is 39.9 Å². The zero-order chi connectivity index (χ0) is 30.0. The summed E-state index contributed by atoms with van der Waals surface area (Å²) in [4.78, 5) is -0.204. The molecule has 0 radical (unpaired) electrons. The number of anilines is 2. The number of alkyl halides is 5. The summed E-state index contributed by atoms with van der Waals surface area (Å²) < 4.78 is 100. The maximum atomic E-state index is 14.1. The van der Waals surface area contributed by atoms with Gasteiger partial charge < -0.3 is 21.5 Å². The van der Waals surface area contributed by atoms with Crippen LogP contribution in [0, 0.1) is 0 Å². The number of halogens is 5. The van der Waals surface area contributed by atoms with Gasteiger partial charge in [-0.3, -0.25) is 0 Å². The third kappa shape index (κ3) is 6.84. The SMILES string of the molecule is CC(F)(F)c1ccc(CN)cc1Nc1ccc(S(=O)(=O)c2ccc(Oc3cc(CN)ccc3C(F)(F)F)cc2)cc1. The monoisotopic (exact) mass is 591 g/mol. The number of sulfone groups is 1. The molecule has 0 saturated heterocycles. The molecule has 0 spiro atoms. The van der Waals surface area contributed by atoms with Crippen LogP contribution in [0.25, 0.3) is 0 Å². The minimum atomic E-state index is -4.67. The van der Waals surface area contributed by atoms with E-state index in [2.05, 4.69) is 5.32 Å². The van der Waals surface area contributed by atoms with Crippen molar-refractivity contribution in [1.29, 1.82) is 0 Å². The molecule has 0 heterocycles. The van der Waals surface area contributed by atoms with E-state index in [0.29, 0.717) is 16.8 Å². The molecule has 0 fully saturated rings. The van der Waals surface area contributed by atoms with Crippen LogP contribution in [0.5, 0.6) is 11.5 Å². The Morgan fingerprint density at radius 2 is 1.24 bits per heavy atom. The topological polar surface area (TPSA) is 107 Å². The second kappa shape index (κ2) is 11.5. The largest absolute Gasteiger partial charge is 0.457 e. The molecule has 0 aromatic heterocycles. The highest BCUT2D eigenvalue weighted by Crippen LogP contribution is 2.39. The molecular formula is C29H26F5N3O3S. The molecule has 0 saturated carbocycles. The predicted molar refractivity (Wildman–Crippen MR) is 145 cm³/mol. The Hall–Kier alpha value is -4.00. The molecule has 0 amide bonds. The Morgan fingerprint density at radius 1 is 0.732 bits per heavy atom. The normalized spacial score (nSPS) is 12.3. The smallest absolute Gasteiger partial charge is 0.419 e. The second-order valence-corrected chi connectivity index (χ2v) is 11.2. The van der Waals surface area contributed by atoms with E-state index in [4.69, 9.17) is 16.2 Å². The van der Waals surface area contributed by atoms with Crippen molar-refractivity contribution in [3.8, 4) is 11.5 Å². The van der Waals surface area contributed by atoms with Crippen molar-refractivity contribution in [3.05, 3.63) is 107 Å². The van der Waals surface area contributed by atoms with Gasteiger partial charge in [-0.2, -0.15) is 13.2 Å². The Labute approximate surface area is 233 Å². The van der Waals surface area contributed by atoms with Crippen LogP contribution in [0.15, 0.2) is 94.7 Å². The van der Waals surface area contributed by atoms with E-state index in [9.17, 15) is 30.4 Å². The molecule has 0 aliphatic rings. The van der Waals surface area contributed by atoms with Crippen LogP contribution in [-0.2, 0) is 35.0 Å². The Morgan fingerprint density at radius 3 is 1.76 bits per heavy atom. The van der Waals surface area contributed by atoms with E-state index < -0.39 is 33.2 Å². The summed E-state index contributed by atoms with van der Waals surface area (Å²) >= 11 is 0. The highest BCUT2D eigenvalue weighted by Gasteiger charge is 2.34. The van der Waals surface area contributed by atoms with Crippen LogP contribution in [-0.4, -0.2) is 8.42 Å². The molecule has 4 aromatic rings. The number of hydrogen-bond acceptors (Lipinski definition) is 6. The predicted octanol–water partition coefficient (Wildman–Crippen LogP) is 7.10. The number of nitrogens with one attached hydrogen (secondary N) is 1. The molecule has 5 N–H and O–H groups in total. The van der Waals surface area contributed by atoms with E-state index >= 15 is 0 Å². The van der Waals surface area contributed by atoms with Gasteiger partial charge in [0.2, 0.25) is 9.84 Å². The van der Waals surface area contributed by atoms with Crippen LogP contribution in [0.3, 0.4) is 0 Å². The summed E-state index contributed by atoms with van der Waals surface area (Å²) in [6.45, 7) is 0.926. The van der Waals surface area contributed by atoms with Crippen molar-refractivity contribution in [2.75, 3.05) is 5.32 Å². The van der Waals surface area contributed by atoms with Crippen LogP contribution < -0.4 is 21.5 Å². The Balaban J connectivity index is 1.55. The van der Waals surface area contributed by atoms with Crippen molar-refractivity contribution in [3.63, 3.8) is 0 Å².